The minimum atomic E-state index is 0.643. The lowest BCUT2D eigenvalue weighted by atomic mass is 9.78. The molecule has 0 bridgehead atoms. The molecule has 3 heteroatoms. The fourth-order valence-electron chi connectivity index (χ4n) is 5.19. The molecule has 3 rings (SSSR count). The molecule has 0 radical (unpaired) electrons. The lowest BCUT2D eigenvalue weighted by molar-refractivity contribution is 0.304. The molecule has 0 N–H and O–H groups in total. The van der Waals surface area contributed by atoms with Gasteiger partial charge in [-0.15, -0.1) is 0 Å². The normalized spacial score (nSPS) is 18.4. The van der Waals surface area contributed by atoms with Crippen LogP contribution in [-0.2, 0) is 0 Å². The highest BCUT2D eigenvalue weighted by atomic mass is 16.5. The Hall–Kier alpha value is -1.90. The van der Waals surface area contributed by atoms with Gasteiger partial charge in [0.25, 0.3) is 0 Å². The summed E-state index contributed by atoms with van der Waals surface area (Å²) >= 11 is 0. The molecule has 33 heavy (non-hydrogen) atoms. The number of ether oxygens (including phenoxy) is 1. The van der Waals surface area contributed by atoms with Crippen LogP contribution in [0.3, 0.4) is 0 Å². The summed E-state index contributed by atoms with van der Waals surface area (Å²) in [6.45, 7) is 5.38. The van der Waals surface area contributed by atoms with Gasteiger partial charge in [0.05, 0.1) is 6.61 Å². The Morgan fingerprint density at radius 1 is 0.727 bits per heavy atom. The van der Waals surface area contributed by atoms with Crippen LogP contribution in [0.4, 0.5) is 0 Å². The molecule has 0 aliphatic heterocycles. The monoisotopic (exact) mass is 450 g/mol. The summed E-state index contributed by atoms with van der Waals surface area (Å²) in [6, 6.07) is 8.26. The fraction of sp³-hybridized carbons (Fsp3) is 0.667. The van der Waals surface area contributed by atoms with E-state index in [1.807, 2.05) is 0 Å². The molecule has 0 unspecified atom stereocenters. The number of benzene rings is 1. The van der Waals surface area contributed by atoms with Crippen molar-refractivity contribution in [1.29, 1.82) is 0 Å². The van der Waals surface area contributed by atoms with E-state index in [0.29, 0.717) is 5.92 Å². The molecule has 2 aromatic rings. The summed E-state index contributed by atoms with van der Waals surface area (Å²) in [5.41, 5.74) is 2.37. The van der Waals surface area contributed by atoms with Crippen molar-refractivity contribution >= 4 is 0 Å². The summed E-state index contributed by atoms with van der Waals surface area (Å²) in [5, 5.41) is 0. The molecule has 1 saturated carbocycles. The summed E-state index contributed by atoms with van der Waals surface area (Å²) in [5.74, 6) is 3.33. The van der Waals surface area contributed by atoms with E-state index in [1.165, 1.54) is 95.5 Å². The van der Waals surface area contributed by atoms with Gasteiger partial charge in [0.2, 0.25) is 0 Å². The van der Waals surface area contributed by atoms with Crippen molar-refractivity contribution in [1.82, 2.24) is 9.97 Å². The van der Waals surface area contributed by atoms with Crippen LogP contribution in [0.25, 0.3) is 11.4 Å². The topological polar surface area (TPSA) is 35.0 Å². The van der Waals surface area contributed by atoms with Gasteiger partial charge in [-0.2, -0.15) is 0 Å². The maximum absolute atomic E-state index is 5.94. The van der Waals surface area contributed by atoms with Crippen LogP contribution < -0.4 is 4.74 Å². The first kappa shape index (κ1) is 25.7. The van der Waals surface area contributed by atoms with Crippen molar-refractivity contribution < 1.29 is 4.74 Å². The number of rotatable bonds is 15. The van der Waals surface area contributed by atoms with Crippen molar-refractivity contribution in [3.8, 4) is 17.1 Å². The molecule has 1 aliphatic carbocycles. The Kier molecular flexibility index (Phi) is 11.8. The van der Waals surface area contributed by atoms with E-state index < -0.39 is 0 Å². The van der Waals surface area contributed by atoms with Gasteiger partial charge in [-0.25, -0.2) is 9.97 Å². The first-order valence-corrected chi connectivity index (χ1v) is 13.8. The highest BCUT2D eigenvalue weighted by molar-refractivity contribution is 5.56. The van der Waals surface area contributed by atoms with Crippen LogP contribution >= 0.6 is 0 Å². The highest BCUT2D eigenvalue weighted by Gasteiger charge is 2.22. The zero-order valence-electron chi connectivity index (χ0n) is 21.2. The molecule has 0 atom stereocenters. The van der Waals surface area contributed by atoms with Gasteiger partial charge in [0, 0.05) is 18.0 Å². The fourth-order valence-corrected chi connectivity index (χ4v) is 5.19. The first-order chi connectivity index (χ1) is 16.3. The molecule has 0 amide bonds. The summed E-state index contributed by atoms with van der Waals surface area (Å²) < 4.78 is 5.94. The highest BCUT2D eigenvalue weighted by Crippen LogP contribution is 2.37. The van der Waals surface area contributed by atoms with E-state index in [2.05, 4.69) is 60.5 Å². The second kappa shape index (κ2) is 15.1. The standard InChI is InChI=1S/C30H46N2O/c1-3-5-6-7-8-9-10-11-12-22-33-29-20-18-27(19-21-29)30-31-23-28(24-32-30)26-16-14-25(13-4-2)15-17-26/h18-21,23-26H,3-17,22H2,1-2H3/t25-,26-. The minimum Gasteiger partial charge on any atom is -0.494 e. The molecular weight excluding hydrogens is 404 g/mol. The van der Waals surface area contributed by atoms with E-state index >= 15 is 0 Å². The van der Waals surface area contributed by atoms with E-state index in [-0.39, 0.29) is 0 Å². The number of aromatic nitrogens is 2. The van der Waals surface area contributed by atoms with Gasteiger partial charge in [-0.1, -0.05) is 78.1 Å². The second-order valence-electron chi connectivity index (χ2n) is 10.0. The first-order valence-electron chi connectivity index (χ1n) is 13.8. The summed E-state index contributed by atoms with van der Waals surface area (Å²) in [7, 11) is 0. The molecule has 0 saturated heterocycles. The summed E-state index contributed by atoms with van der Waals surface area (Å²) in [6.07, 6.45) is 24.2. The molecule has 3 nitrogen and oxygen atoms in total. The number of hydrogen-bond acceptors (Lipinski definition) is 3. The molecule has 1 aromatic heterocycles. The van der Waals surface area contributed by atoms with Crippen LogP contribution in [0.1, 0.15) is 122 Å². The second-order valence-corrected chi connectivity index (χ2v) is 10.0. The molecule has 0 spiro atoms. The smallest absolute Gasteiger partial charge is 0.159 e. The van der Waals surface area contributed by atoms with Crippen molar-refractivity contribution in [3.05, 3.63) is 42.2 Å². The molecule has 1 heterocycles. The zero-order chi connectivity index (χ0) is 23.1. The third-order valence-electron chi connectivity index (χ3n) is 7.32. The third kappa shape index (κ3) is 9.10. The van der Waals surface area contributed by atoms with Crippen molar-refractivity contribution in [2.45, 2.75) is 116 Å². The lowest BCUT2D eigenvalue weighted by Gasteiger charge is -2.28. The Labute approximate surface area is 202 Å². The Balaban J connectivity index is 1.34. The van der Waals surface area contributed by atoms with E-state index in [4.69, 9.17) is 4.74 Å². The average Bonchev–Trinajstić information content (AvgIpc) is 2.86. The van der Waals surface area contributed by atoms with Crippen molar-refractivity contribution in [2.75, 3.05) is 6.61 Å². The Morgan fingerprint density at radius 3 is 1.94 bits per heavy atom. The van der Waals surface area contributed by atoms with Gasteiger partial charge in [-0.3, -0.25) is 0 Å². The number of nitrogens with zero attached hydrogens (tertiary/aromatic N) is 2. The van der Waals surface area contributed by atoms with E-state index in [1.54, 1.807) is 0 Å². The summed E-state index contributed by atoms with van der Waals surface area (Å²) in [4.78, 5) is 9.37. The predicted octanol–water partition coefficient (Wildman–Crippen LogP) is 9.13. The predicted molar refractivity (Wildman–Crippen MR) is 140 cm³/mol. The van der Waals surface area contributed by atoms with E-state index in [9.17, 15) is 0 Å². The maximum Gasteiger partial charge on any atom is 0.159 e. The molecule has 1 aromatic carbocycles. The average molecular weight is 451 g/mol. The molecular formula is C30H46N2O. The quantitative estimate of drug-likeness (QED) is 0.254. The number of hydrogen-bond donors (Lipinski definition) is 0. The van der Waals surface area contributed by atoms with Gasteiger partial charge < -0.3 is 4.74 Å². The van der Waals surface area contributed by atoms with Gasteiger partial charge >= 0.3 is 0 Å². The van der Waals surface area contributed by atoms with Crippen molar-refractivity contribution in [3.63, 3.8) is 0 Å². The van der Waals surface area contributed by atoms with Crippen LogP contribution in [0, 0.1) is 5.92 Å². The van der Waals surface area contributed by atoms with Crippen LogP contribution in [0.15, 0.2) is 36.7 Å². The van der Waals surface area contributed by atoms with Crippen LogP contribution in [0.5, 0.6) is 5.75 Å². The van der Waals surface area contributed by atoms with Crippen LogP contribution in [-0.4, -0.2) is 16.6 Å². The third-order valence-corrected chi connectivity index (χ3v) is 7.32. The van der Waals surface area contributed by atoms with Crippen molar-refractivity contribution in [2.24, 2.45) is 5.92 Å². The Bertz CT molecular complexity index is 748. The molecule has 1 fully saturated rings. The van der Waals surface area contributed by atoms with Gasteiger partial charge in [-0.05, 0) is 73.8 Å². The van der Waals surface area contributed by atoms with Gasteiger partial charge in [0.15, 0.2) is 5.82 Å². The van der Waals surface area contributed by atoms with Crippen LogP contribution in [0.2, 0.25) is 0 Å². The minimum absolute atomic E-state index is 0.643. The van der Waals surface area contributed by atoms with E-state index in [0.717, 1.165) is 36.1 Å². The SMILES string of the molecule is CCCCCCCCCCCOc1ccc(-c2ncc([C@H]3CC[C@H](CCC)CC3)cn2)cc1. The molecule has 182 valence electrons. The largest absolute Gasteiger partial charge is 0.494 e. The van der Waals surface area contributed by atoms with Gasteiger partial charge in [0.1, 0.15) is 5.75 Å². The molecule has 1 aliphatic rings. The number of unbranched alkanes of at least 4 members (excludes halogenated alkanes) is 8. The maximum atomic E-state index is 5.94. The zero-order valence-corrected chi connectivity index (χ0v) is 21.2. The lowest BCUT2D eigenvalue weighted by Crippen LogP contribution is -2.13. The Morgan fingerprint density at radius 2 is 1.33 bits per heavy atom.